The number of aryl methyl sites for hydroxylation is 1. The molecule has 0 saturated carbocycles. The first-order valence-corrected chi connectivity index (χ1v) is 8.13. The molecule has 4 aromatic rings. The predicted octanol–water partition coefficient (Wildman–Crippen LogP) is 4.59. The van der Waals surface area contributed by atoms with Gasteiger partial charge in [-0.2, -0.15) is 0 Å². The molecular weight excluding hydrogens is 310 g/mol. The molecule has 0 bridgehead atoms. The minimum atomic E-state index is -0.126. The smallest absolute Gasteiger partial charge is 0.255 e. The Balaban J connectivity index is 1.69. The Labute approximate surface area is 145 Å². The number of benzene rings is 3. The highest BCUT2D eigenvalue weighted by Gasteiger charge is 2.11. The average Bonchev–Trinajstić information content (AvgIpc) is 2.98. The summed E-state index contributed by atoms with van der Waals surface area (Å²) in [5, 5.41) is 2.93. The lowest BCUT2D eigenvalue weighted by atomic mass is 10.2. The molecule has 1 N–H and O–H groups in total. The van der Waals surface area contributed by atoms with E-state index in [0.29, 0.717) is 5.56 Å². The van der Waals surface area contributed by atoms with Crippen LogP contribution >= 0.6 is 0 Å². The van der Waals surface area contributed by atoms with E-state index in [0.717, 1.165) is 28.2 Å². The van der Waals surface area contributed by atoms with Gasteiger partial charge in [0.15, 0.2) is 0 Å². The molecule has 4 nitrogen and oxygen atoms in total. The second kappa shape index (κ2) is 6.24. The van der Waals surface area contributed by atoms with Crippen LogP contribution in [0.4, 0.5) is 5.69 Å². The molecule has 0 spiro atoms. The van der Waals surface area contributed by atoms with Gasteiger partial charge in [-0.15, -0.1) is 0 Å². The predicted molar refractivity (Wildman–Crippen MR) is 100 cm³/mol. The number of hydrogen-bond donors (Lipinski definition) is 1. The fourth-order valence-electron chi connectivity index (χ4n) is 2.97. The Bertz CT molecular complexity index is 1040. The Hall–Kier alpha value is -3.40. The molecule has 0 unspecified atom stereocenters. The topological polar surface area (TPSA) is 46.9 Å². The first-order chi connectivity index (χ1) is 12.2. The zero-order valence-electron chi connectivity index (χ0n) is 13.8. The van der Waals surface area contributed by atoms with Crippen molar-refractivity contribution >= 4 is 22.6 Å². The molecule has 0 aliphatic rings. The molecule has 1 aromatic heterocycles. The van der Waals surface area contributed by atoms with Crippen LogP contribution in [0.15, 0.2) is 78.9 Å². The van der Waals surface area contributed by atoms with Gasteiger partial charge in [0, 0.05) is 16.9 Å². The van der Waals surface area contributed by atoms with Crippen LogP contribution in [0.25, 0.3) is 16.7 Å². The molecule has 0 fully saturated rings. The maximum Gasteiger partial charge on any atom is 0.255 e. The van der Waals surface area contributed by atoms with E-state index < -0.39 is 0 Å². The minimum absolute atomic E-state index is 0.126. The molecule has 4 rings (SSSR count). The number of carbonyl (C=O) groups is 1. The van der Waals surface area contributed by atoms with Gasteiger partial charge in [0.1, 0.15) is 5.82 Å². The molecule has 0 atom stereocenters. The van der Waals surface area contributed by atoms with Crippen molar-refractivity contribution in [3.05, 3.63) is 90.3 Å². The third-order valence-corrected chi connectivity index (χ3v) is 4.13. The fourth-order valence-corrected chi connectivity index (χ4v) is 2.97. The number of nitrogens with zero attached hydrogens (tertiary/aromatic N) is 2. The van der Waals surface area contributed by atoms with Crippen LogP contribution in [0.5, 0.6) is 0 Å². The highest BCUT2D eigenvalue weighted by molar-refractivity contribution is 6.05. The maximum atomic E-state index is 12.3. The number of nitrogens with one attached hydrogen (secondary N) is 1. The maximum absolute atomic E-state index is 12.3. The number of imidazole rings is 1. The second-order valence-electron chi connectivity index (χ2n) is 5.85. The largest absolute Gasteiger partial charge is 0.322 e. The van der Waals surface area contributed by atoms with Gasteiger partial charge in [0.05, 0.1) is 11.0 Å². The van der Waals surface area contributed by atoms with Crippen LogP contribution in [0.1, 0.15) is 16.2 Å². The van der Waals surface area contributed by atoms with Crippen molar-refractivity contribution in [2.24, 2.45) is 0 Å². The number of anilines is 1. The van der Waals surface area contributed by atoms with Crippen LogP contribution in [0.3, 0.4) is 0 Å². The minimum Gasteiger partial charge on any atom is -0.322 e. The zero-order valence-corrected chi connectivity index (χ0v) is 13.8. The van der Waals surface area contributed by atoms with Gasteiger partial charge in [-0.1, -0.05) is 36.4 Å². The van der Waals surface area contributed by atoms with E-state index in [1.165, 1.54) is 0 Å². The molecular formula is C21H17N3O. The number of carbonyl (C=O) groups excluding carboxylic acids is 1. The van der Waals surface area contributed by atoms with E-state index in [1.807, 2.05) is 61.5 Å². The molecule has 4 heteroatoms. The Morgan fingerprint density at radius 3 is 2.32 bits per heavy atom. The summed E-state index contributed by atoms with van der Waals surface area (Å²) in [5.41, 5.74) is 4.31. The lowest BCUT2D eigenvalue weighted by molar-refractivity contribution is 0.102. The van der Waals surface area contributed by atoms with Crippen molar-refractivity contribution in [2.45, 2.75) is 6.92 Å². The molecule has 3 aromatic carbocycles. The van der Waals surface area contributed by atoms with Gasteiger partial charge in [-0.05, 0) is 49.4 Å². The van der Waals surface area contributed by atoms with E-state index in [4.69, 9.17) is 0 Å². The summed E-state index contributed by atoms with van der Waals surface area (Å²) in [6.45, 7) is 1.98. The van der Waals surface area contributed by atoms with Crippen LogP contribution in [-0.2, 0) is 0 Å². The lowest BCUT2D eigenvalue weighted by Gasteiger charge is -2.08. The summed E-state index contributed by atoms with van der Waals surface area (Å²) in [5.74, 6) is 0.784. The SMILES string of the molecule is Cc1nc2cc(NC(=O)c3ccccc3)ccc2n1-c1ccccc1. The number of aromatic nitrogens is 2. The van der Waals surface area contributed by atoms with Crippen LogP contribution < -0.4 is 5.32 Å². The van der Waals surface area contributed by atoms with Crippen molar-refractivity contribution in [3.8, 4) is 5.69 Å². The molecule has 0 radical (unpaired) electrons. The zero-order chi connectivity index (χ0) is 17.2. The molecule has 122 valence electrons. The fraction of sp³-hybridized carbons (Fsp3) is 0.0476. The van der Waals surface area contributed by atoms with Crippen molar-refractivity contribution in [3.63, 3.8) is 0 Å². The second-order valence-corrected chi connectivity index (χ2v) is 5.85. The number of fused-ring (bicyclic) bond motifs is 1. The molecule has 1 amide bonds. The van der Waals surface area contributed by atoms with Gasteiger partial charge >= 0.3 is 0 Å². The molecule has 0 aliphatic heterocycles. The average molecular weight is 327 g/mol. The van der Waals surface area contributed by atoms with Crippen molar-refractivity contribution < 1.29 is 4.79 Å². The van der Waals surface area contributed by atoms with Crippen molar-refractivity contribution in [2.75, 3.05) is 5.32 Å². The number of amides is 1. The summed E-state index contributed by atoms with van der Waals surface area (Å²) in [6.07, 6.45) is 0. The van der Waals surface area contributed by atoms with Gasteiger partial charge < -0.3 is 5.32 Å². The summed E-state index contributed by atoms with van der Waals surface area (Å²) in [7, 11) is 0. The molecule has 0 aliphatic carbocycles. The highest BCUT2D eigenvalue weighted by atomic mass is 16.1. The van der Waals surface area contributed by atoms with Gasteiger partial charge in [-0.25, -0.2) is 4.98 Å². The summed E-state index contributed by atoms with van der Waals surface area (Å²) >= 11 is 0. The van der Waals surface area contributed by atoms with Crippen molar-refractivity contribution in [1.29, 1.82) is 0 Å². The summed E-state index contributed by atoms with van der Waals surface area (Å²) in [4.78, 5) is 16.9. The molecule has 0 saturated heterocycles. The first-order valence-electron chi connectivity index (χ1n) is 8.13. The normalized spacial score (nSPS) is 10.8. The third-order valence-electron chi connectivity index (χ3n) is 4.13. The number of hydrogen-bond acceptors (Lipinski definition) is 2. The Morgan fingerprint density at radius 2 is 1.60 bits per heavy atom. The number of para-hydroxylation sites is 1. The summed E-state index contributed by atoms with van der Waals surface area (Å²) in [6, 6.07) is 25.1. The van der Waals surface area contributed by atoms with Crippen molar-refractivity contribution in [1.82, 2.24) is 9.55 Å². The first kappa shape index (κ1) is 15.1. The monoisotopic (exact) mass is 327 g/mol. The van der Waals surface area contributed by atoms with E-state index in [-0.39, 0.29) is 5.91 Å². The van der Waals surface area contributed by atoms with Crippen LogP contribution in [0, 0.1) is 6.92 Å². The van der Waals surface area contributed by atoms with E-state index >= 15 is 0 Å². The van der Waals surface area contributed by atoms with Crippen LogP contribution in [0.2, 0.25) is 0 Å². The van der Waals surface area contributed by atoms with Crippen LogP contribution in [-0.4, -0.2) is 15.5 Å². The standard InChI is InChI=1S/C21H17N3O/c1-15-22-19-14-17(23-21(25)16-8-4-2-5-9-16)12-13-20(19)24(15)18-10-6-3-7-11-18/h2-14H,1H3,(H,23,25). The quantitative estimate of drug-likeness (QED) is 0.598. The van der Waals surface area contributed by atoms with Gasteiger partial charge in [-0.3, -0.25) is 9.36 Å². The van der Waals surface area contributed by atoms with E-state index in [2.05, 4.69) is 27.0 Å². The van der Waals surface area contributed by atoms with Gasteiger partial charge in [0.25, 0.3) is 5.91 Å². The third kappa shape index (κ3) is 2.90. The van der Waals surface area contributed by atoms with Gasteiger partial charge in [0.2, 0.25) is 0 Å². The molecule has 25 heavy (non-hydrogen) atoms. The van der Waals surface area contributed by atoms with E-state index in [1.54, 1.807) is 12.1 Å². The summed E-state index contributed by atoms with van der Waals surface area (Å²) < 4.78 is 2.11. The number of rotatable bonds is 3. The lowest BCUT2D eigenvalue weighted by Crippen LogP contribution is -2.11. The molecule has 1 heterocycles. The Morgan fingerprint density at radius 1 is 0.920 bits per heavy atom. The highest BCUT2D eigenvalue weighted by Crippen LogP contribution is 2.24. The Kier molecular flexibility index (Phi) is 3.78. The van der Waals surface area contributed by atoms with E-state index in [9.17, 15) is 4.79 Å².